The van der Waals surface area contributed by atoms with Crippen LogP contribution in [0.2, 0.25) is 0 Å². The molecule has 4 nitrogen and oxygen atoms in total. The van der Waals surface area contributed by atoms with Crippen LogP contribution in [0, 0.1) is 25.2 Å². The first kappa shape index (κ1) is 17.2. The second kappa shape index (κ2) is 6.71. The molecule has 126 valence electrons. The minimum atomic E-state index is -3.61. The van der Waals surface area contributed by atoms with Crippen LogP contribution < -0.4 is 4.72 Å². The van der Waals surface area contributed by atoms with E-state index in [0.29, 0.717) is 15.5 Å². The lowest BCUT2D eigenvalue weighted by Crippen LogP contribution is -2.13. The number of sulfonamides is 1. The molecule has 0 bridgehead atoms. The fraction of sp³-hybridized carbons (Fsp3) is 0.105. The van der Waals surface area contributed by atoms with Gasteiger partial charge in [-0.05, 0) is 65.7 Å². The molecule has 0 saturated carbocycles. The van der Waals surface area contributed by atoms with Gasteiger partial charge in [-0.3, -0.25) is 4.72 Å². The Morgan fingerprint density at radius 1 is 0.960 bits per heavy atom. The van der Waals surface area contributed by atoms with E-state index in [-0.39, 0.29) is 0 Å². The zero-order chi connectivity index (χ0) is 18.0. The highest BCUT2D eigenvalue weighted by Crippen LogP contribution is 2.29. The van der Waals surface area contributed by atoms with Crippen LogP contribution in [-0.2, 0) is 10.0 Å². The van der Waals surface area contributed by atoms with E-state index in [0.717, 1.165) is 22.3 Å². The maximum atomic E-state index is 12.6. The normalized spacial score (nSPS) is 11.1. The Morgan fingerprint density at radius 3 is 2.24 bits per heavy atom. The molecule has 2 aromatic carbocycles. The molecule has 0 saturated heterocycles. The van der Waals surface area contributed by atoms with Gasteiger partial charge in [-0.2, -0.15) is 5.26 Å². The SMILES string of the molecule is Cc1ccc(-c2ccc(C#N)cc2)cc1NS(=O)(=O)c1sccc1C. The summed E-state index contributed by atoms with van der Waals surface area (Å²) in [5.41, 5.74) is 4.52. The average Bonchev–Trinajstić information content (AvgIpc) is 3.04. The van der Waals surface area contributed by atoms with Gasteiger partial charge in [0.15, 0.2) is 0 Å². The molecule has 1 N–H and O–H groups in total. The number of aryl methyl sites for hydroxylation is 2. The molecule has 0 amide bonds. The first-order chi connectivity index (χ1) is 11.9. The Bertz CT molecular complexity index is 1060. The van der Waals surface area contributed by atoms with Crippen LogP contribution in [0.4, 0.5) is 5.69 Å². The number of rotatable bonds is 4. The quantitative estimate of drug-likeness (QED) is 0.725. The summed E-state index contributed by atoms with van der Waals surface area (Å²) in [5.74, 6) is 0. The molecule has 3 rings (SSSR count). The summed E-state index contributed by atoms with van der Waals surface area (Å²) in [5, 5.41) is 10.7. The number of nitrogens with zero attached hydrogens (tertiary/aromatic N) is 1. The lowest BCUT2D eigenvalue weighted by atomic mass is 10.0. The molecule has 0 spiro atoms. The third kappa shape index (κ3) is 3.58. The summed E-state index contributed by atoms with van der Waals surface area (Å²) in [6, 6.07) is 16.7. The highest BCUT2D eigenvalue weighted by Gasteiger charge is 2.19. The van der Waals surface area contributed by atoms with Gasteiger partial charge in [0.2, 0.25) is 0 Å². The van der Waals surface area contributed by atoms with Gasteiger partial charge in [0, 0.05) is 0 Å². The van der Waals surface area contributed by atoms with Gasteiger partial charge in [-0.1, -0.05) is 24.3 Å². The van der Waals surface area contributed by atoms with Crippen molar-refractivity contribution >= 4 is 27.0 Å². The summed E-state index contributed by atoms with van der Waals surface area (Å²) in [6.45, 7) is 3.65. The van der Waals surface area contributed by atoms with Crippen LogP contribution in [0.1, 0.15) is 16.7 Å². The van der Waals surface area contributed by atoms with E-state index in [4.69, 9.17) is 5.26 Å². The van der Waals surface area contributed by atoms with Crippen LogP contribution in [0.15, 0.2) is 58.1 Å². The lowest BCUT2D eigenvalue weighted by molar-refractivity contribution is 0.602. The van der Waals surface area contributed by atoms with Gasteiger partial charge in [0.1, 0.15) is 4.21 Å². The Balaban J connectivity index is 1.97. The largest absolute Gasteiger partial charge is 0.279 e. The van der Waals surface area contributed by atoms with Crippen molar-refractivity contribution in [2.45, 2.75) is 18.1 Å². The van der Waals surface area contributed by atoms with E-state index in [9.17, 15) is 8.42 Å². The van der Waals surface area contributed by atoms with Gasteiger partial charge in [-0.15, -0.1) is 11.3 Å². The van der Waals surface area contributed by atoms with E-state index >= 15 is 0 Å². The average molecular weight is 368 g/mol. The van der Waals surface area contributed by atoms with Gasteiger partial charge in [0.05, 0.1) is 17.3 Å². The molecule has 0 aliphatic carbocycles. The van der Waals surface area contributed by atoms with Gasteiger partial charge in [0.25, 0.3) is 10.0 Å². The summed E-state index contributed by atoms with van der Waals surface area (Å²) < 4.78 is 28.3. The number of nitrogens with one attached hydrogen (secondary N) is 1. The predicted octanol–water partition coefficient (Wildman–Crippen LogP) is 4.70. The van der Waals surface area contributed by atoms with Crippen molar-refractivity contribution in [2.75, 3.05) is 4.72 Å². The van der Waals surface area contributed by atoms with E-state index in [2.05, 4.69) is 10.8 Å². The van der Waals surface area contributed by atoms with Crippen molar-refractivity contribution in [1.82, 2.24) is 0 Å². The molecule has 0 aliphatic heterocycles. The fourth-order valence-corrected chi connectivity index (χ4v) is 5.02. The van der Waals surface area contributed by atoms with Crippen molar-refractivity contribution in [1.29, 1.82) is 5.26 Å². The highest BCUT2D eigenvalue weighted by atomic mass is 32.2. The Hall–Kier alpha value is -2.62. The second-order valence-corrected chi connectivity index (χ2v) is 8.51. The third-order valence-corrected chi connectivity index (χ3v) is 6.94. The predicted molar refractivity (Wildman–Crippen MR) is 101 cm³/mol. The first-order valence-electron chi connectivity index (χ1n) is 7.59. The maximum Gasteiger partial charge on any atom is 0.271 e. The van der Waals surface area contributed by atoms with Crippen molar-refractivity contribution < 1.29 is 8.42 Å². The number of hydrogen-bond acceptors (Lipinski definition) is 4. The second-order valence-electron chi connectivity index (χ2n) is 5.72. The molecule has 1 heterocycles. The van der Waals surface area contributed by atoms with E-state index in [1.807, 2.05) is 37.3 Å². The molecule has 0 unspecified atom stereocenters. The third-order valence-electron chi connectivity index (χ3n) is 3.89. The highest BCUT2D eigenvalue weighted by molar-refractivity contribution is 7.94. The van der Waals surface area contributed by atoms with Crippen molar-refractivity contribution in [3.63, 3.8) is 0 Å². The number of benzene rings is 2. The Labute approximate surface area is 151 Å². The van der Waals surface area contributed by atoms with E-state index in [1.165, 1.54) is 11.3 Å². The van der Waals surface area contributed by atoms with Crippen LogP contribution >= 0.6 is 11.3 Å². The Morgan fingerprint density at radius 2 is 1.64 bits per heavy atom. The number of hydrogen-bond donors (Lipinski definition) is 1. The first-order valence-corrected chi connectivity index (χ1v) is 9.95. The molecule has 0 aliphatic rings. The van der Waals surface area contributed by atoms with Gasteiger partial charge >= 0.3 is 0 Å². The fourth-order valence-electron chi connectivity index (χ4n) is 2.47. The zero-order valence-corrected chi connectivity index (χ0v) is 15.4. The summed E-state index contributed by atoms with van der Waals surface area (Å²) in [7, 11) is -3.61. The minimum absolute atomic E-state index is 0.329. The minimum Gasteiger partial charge on any atom is -0.279 e. The van der Waals surface area contributed by atoms with Crippen LogP contribution in [-0.4, -0.2) is 8.42 Å². The van der Waals surface area contributed by atoms with Crippen molar-refractivity contribution in [3.8, 4) is 17.2 Å². The molecule has 0 atom stereocenters. The molecule has 0 radical (unpaired) electrons. The summed E-state index contributed by atoms with van der Waals surface area (Å²) in [6.07, 6.45) is 0. The van der Waals surface area contributed by atoms with Crippen LogP contribution in [0.3, 0.4) is 0 Å². The monoisotopic (exact) mass is 368 g/mol. The zero-order valence-electron chi connectivity index (χ0n) is 13.8. The molecular weight excluding hydrogens is 352 g/mol. The van der Waals surface area contributed by atoms with E-state index < -0.39 is 10.0 Å². The van der Waals surface area contributed by atoms with Crippen LogP contribution in [0.25, 0.3) is 11.1 Å². The molecule has 3 aromatic rings. The number of thiophene rings is 1. The smallest absolute Gasteiger partial charge is 0.271 e. The summed E-state index contributed by atoms with van der Waals surface area (Å²) >= 11 is 1.21. The van der Waals surface area contributed by atoms with Crippen molar-refractivity contribution in [3.05, 3.63) is 70.6 Å². The molecule has 1 aromatic heterocycles. The topological polar surface area (TPSA) is 70.0 Å². The van der Waals surface area contributed by atoms with E-state index in [1.54, 1.807) is 30.5 Å². The molecule has 25 heavy (non-hydrogen) atoms. The van der Waals surface area contributed by atoms with Crippen LogP contribution in [0.5, 0.6) is 0 Å². The molecule has 6 heteroatoms. The standard InChI is InChI=1S/C19H16N2O2S2/c1-13-3-6-17(16-7-4-15(12-20)5-8-16)11-18(13)21-25(22,23)19-14(2)9-10-24-19/h3-11,21H,1-2H3. The molecular formula is C19H16N2O2S2. The number of nitriles is 1. The number of anilines is 1. The maximum absolute atomic E-state index is 12.6. The Kier molecular flexibility index (Phi) is 4.62. The summed E-state index contributed by atoms with van der Waals surface area (Å²) in [4.78, 5) is 0. The van der Waals surface area contributed by atoms with Crippen molar-refractivity contribution in [2.24, 2.45) is 0 Å². The lowest BCUT2D eigenvalue weighted by Gasteiger charge is -2.12. The van der Waals surface area contributed by atoms with Gasteiger partial charge < -0.3 is 0 Å². The molecule has 0 fully saturated rings. The van der Waals surface area contributed by atoms with Gasteiger partial charge in [-0.25, -0.2) is 8.42 Å².